The highest BCUT2D eigenvalue weighted by molar-refractivity contribution is 5.63. The molecular formula is C12H12N2O. The van der Waals surface area contributed by atoms with Crippen LogP contribution in [-0.4, -0.2) is 9.97 Å². The molecule has 15 heavy (non-hydrogen) atoms. The summed E-state index contributed by atoms with van der Waals surface area (Å²) in [5.74, 6) is 0. The average molecular weight is 200 g/mol. The maximum absolute atomic E-state index is 11.1. The van der Waals surface area contributed by atoms with Crippen LogP contribution in [0, 0.1) is 13.8 Å². The molecule has 1 N–H and O–H groups in total. The van der Waals surface area contributed by atoms with Crippen LogP contribution in [0.1, 0.15) is 11.1 Å². The van der Waals surface area contributed by atoms with Gasteiger partial charge in [0.05, 0.1) is 18.1 Å². The molecule has 0 amide bonds. The van der Waals surface area contributed by atoms with Crippen molar-refractivity contribution >= 4 is 0 Å². The lowest BCUT2D eigenvalue weighted by atomic mass is 10.0. The highest BCUT2D eigenvalue weighted by atomic mass is 16.1. The first-order valence-electron chi connectivity index (χ1n) is 4.79. The van der Waals surface area contributed by atoms with Crippen LogP contribution in [0.3, 0.4) is 0 Å². The summed E-state index contributed by atoms with van der Waals surface area (Å²) in [6, 6.07) is 6.01. The fourth-order valence-corrected chi connectivity index (χ4v) is 1.56. The third-order valence-electron chi connectivity index (χ3n) is 2.55. The summed E-state index contributed by atoms with van der Waals surface area (Å²) in [5.41, 5.74) is 4.00. The normalized spacial score (nSPS) is 10.3. The first-order valence-corrected chi connectivity index (χ1v) is 4.79. The van der Waals surface area contributed by atoms with E-state index < -0.39 is 0 Å². The highest BCUT2D eigenvalue weighted by Crippen LogP contribution is 2.21. The van der Waals surface area contributed by atoms with Gasteiger partial charge in [-0.3, -0.25) is 9.78 Å². The summed E-state index contributed by atoms with van der Waals surface area (Å²) in [4.78, 5) is 17.8. The minimum Gasteiger partial charge on any atom is -0.319 e. The quantitative estimate of drug-likeness (QED) is 0.765. The summed E-state index contributed by atoms with van der Waals surface area (Å²) in [6.45, 7) is 4.09. The van der Waals surface area contributed by atoms with Crippen molar-refractivity contribution in [3.05, 3.63) is 52.1 Å². The summed E-state index contributed by atoms with van der Waals surface area (Å²) >= 11 is 0. The van der Waals surface area contributed by atoms with Crippen LogP contribution in [-0.2, 0) is 0 Å². The van der Waals surface area contributed by atoms with E-state index in [-0.39, 0.29) is 5.56 Å². The molecule has 0 aliphatic rings. The molecule has 0 aliphatic heterocycles. The van der Waals surface area contributed by atoms with Crippen molar-refractivity contribution in [3.63, 3.8) is 0 Å². The van der Waals surface area contributed by atoms with Crippen molar-refractivity contribution in [2.24, 2.45) is 0 Å². The van der Waals surface area contributed by atoms with Gasteiger partial charge in [-0.05, 0) is 25.0 Å². The van der Waals surface area contributed by atoms with E-state index in [4.69, 9.17) is 0 Å². The number of rotatable bonds is 1. The van der Waals surface area contributed by atoms with Gasteiger partial charge in [0.1, 0.15) is 0 Å². The molecule has 1 aromatic carbocycles. The molecule has 0 radical (unpaired) electrons. The van der Waals surface area contributed by atoms with E-state index in [1.807, 2.05) is 32.0 Å². The van der Waals surface area contributed by atoms with E-state index in [2.05, 4.69) is 9.97 Å². The van der Waals surface area contributed by atoms with Crippen molar-refractivity contribution in [3.8, 4) is 11.3 Å². The van der Waals surface area contributed by atoms with Gasteiger partial charge in [-0.25, -0.2) is 0 Å². The molecule has 2 aromatic rings. The van der Waals surface area contributed by atoms with Crippen LogP contribution in [0.4, 0.5) is 0 Å². The molecule has 0 bridgehead atoms. The smallest absolute Gasteiger partial charge is 0.266 e. The minimum atomic E-state index is -0.173. The molecule has 3 heteroatoms. The monoisotopic (exact) mass is 200 g/mol. The zero-order valence-electron chi connectivity index (χ0n) is 8.74. The SMILES string of the molecule is Cc1cccc(-c2cncc(=O)[nH]2)c1C. The van der Waals surface area contributed by atoms with Crippen LogP contribution in [0.2, 0.25) is 0 Å². The van der Waals surface area contributed by atoms with E-state index in [1.54, 1.807) is 6.20 Å². The molecule has 2 rings (SSSR count). The Kier molecular flexibility index (Phi) is 2.37. The highest BCUT2D eigenvalue weighted by Gasteiger charge is 2.03. The second kappa shape index (κ2) is 3.69. The fourth-order valence-electron chi connectivity index (χ4n) is 1.56. The Morgan fingerprint density at radius 3 is 2.73 bits per heavy atom. The van der Waals surface area contributed by atoms with Crippen molar-refractivity contribution < 1.29 is 0 Å². The number of H-pyrrole nitrogens is 1. The minimum absolute atomic E-state index is 0.173. The molecule has 3 nitrogen and oxygen atoms in total. The van der Waals surface area contributed by atoms with E-state index in [9.17, 15) is 4.79 Å². The molecular weight excluding hydrogens is 188 g/mol. The average Bonchev–Trinajstić information content (AvgIpc) is 2.22. The van der Waals surface area contributed by atoms with Crippen molar-refractivity contribution in [1.29, 1.82) is 0 Å². The zero-order valence-corrected chi connectivity index (χ0v) is 8.74. The standard InChI is InChI=1S/C12H12N2O/c1-8-4-3-5-10(9(8)2)11-6-13-7-12(15)14-11/h3-7H,1-2H3,(H,14,15). The van der Waals surface area contributed by atoms with E-state index >= 15 is 0 Å². The molecule has 76 valence electrons. The number of nitrogens with zero attached hydrogens (tertiary/aromatic N) is 1. The molecule has 0 saturated carbocycles. The maximum atomic E-state index is 11.1. The number of nitrogens with one attached hydrogen (secondary N) is 1. The van der Waals surface area contributed by atoms with Crippen LogP contribution < -0.4 is 5.56 Å². The Hall–Kier alpha value is -1.90. The number of aromatic nitrogens is 2. The topological polar surface area (TPSA) is 45.8 Å². The molecule has 0 atom stereocenters. The number of aromatic amines is 1. The third-order valence-corrected chi connectivity index (χ3v) is 2.55. The van der Waals surface area contributed by atoms with Gasteiger partial charge in [0.2, 0.25) is 0 Å². The van der Waals surface area contributed by atoms with Gasteiger partial charge in [-0.2, -0.15) is 0 Å². The van der Waals surface area contributed by atoms with E-state index in [1.165, 1.54) is 17.3 Å². The summed E-state index contributed by atoms with van der Waals surface area (Å²) in [5, 5.41) is 0. The Labute approximate surface area is 87.8 Å². The molecule has 0 aliphatic carbocycles. The number of hydrogen-bond acceptors (Lipinski definition) is 2. The lowest BCUT2D eigenvalue weighted by Gasteiger charge is -2.07. The summed E-state index contributed by atoms with van der Waals surface area (Å²) < 4.78 is 0. The van der Waals surface area contributed by atoms with Gasteiger partial charge < -0.3 is 4.98 Å². The van der Waals surface area contributed by atoms with Gasteiger partial charge in [0.25, 0.3) is 5.56 Å². The summed E-state index contributed by atoms with van der Waals surface area (Å²) in [6.07, 6.45) is 2.94. The Bertz CT molecular complexity index is 543. The van der Waals surface area contributed by atoms with Crippen LogP contribution in [0.25, 0.3) is 11.3 Å². The fraction of sp³-hybridized carbons (Fsp3) is 0.167. The Morgan fingerprint density at radius 2 is 2.00 bits per heavy atom. The van der Waals surface area contributed by atoms with Crippen LogP contribution in [0.15, 0.2) is 35.4 Å². The van der Waals surface area contributed by atoms with Crippen molar-refractivity contribution in [1.82, 2.24) is 9.97 Å². The van der Waals surface area contributed by atoms with Crippen molar-refractivity contribution in [2.75, 3.05) is 0 Å². The van der Waals surface area contributed by atoms with Gasteiger partial charge in [0, 0.05) is 5.56 Å². The lowest BCUT2D eigenvalue weighted by Crippen LogP contribution is -2.06. The van der Waals surface area contributed by atoms with Gasteiger partial charge in [0.15, 0.2) is 0 Å². The Balaban J connectivity index is 2.64. The predicted octanol–water partition coefficient (Wildman–Crippen LogP) is 2.05. The van der Waals surface area contributed by atoms with E-state index in [0.717, 1.165) is 11.3 Å². The summed E-state index contributed by atoms with van der Waals surface area (Å²) in [7, 11) is 0. The molecule has 1 aromatic heterocycles. The molecule has 0 fully saturated rings. The van der Waals surface area contributed by atoms with Gasteiger partial charge in [-0.15, -0.1) is 0 Å². The lowest BCUT2D eigenvalue weighted by molar-refractivity contribution is 1.14. The van der Waals surface area contributed by atoms with Crippen LogP contribution in [0.5, 0.6) is 0 Å². The zero-order chi connectivity index (χ0) is 10.8. The first kappa shape index (κ1) is 9.65. The first-order chi connectivity index (χ1) is 7.18. The van der Waals surface area contributed by atoms with Crippen LogP contribution >= 0.6 is 0 Å². The molecule has 0 saturated heterocycles. The second-order valence-corrected chi connectivity index (χ2v) is 3.56. The number of benzene rings is 1. The number of hydrogen-bond donors (Lipinski definition) is 1. The Morgan fingerprint density at radius 1 is 1.20 bits per heavy atom. The maximum Gasteiger partial charge on any atom is 0.266 e. The van der Waals surface area contributed by atoms with E-state index in [0.29, 0.717) is 0 Å². The molecule has 1 heterocycles. The molecule has 0 spiro atoms. The van der Waals surface area contributed by atoms with Crippen molar-refractivity contribution in [2.45, 2.75) is 13.8 Å². The van der Waals surface area contributed by atoms with Gasteiger partial charge in [-0.1, -0.05) is 18.2 Å². The third kappa shape index (κ3) is 1.81. The predicted molar refractivity (Wildman–Crippen MR) is 59.8 cm³/mol. The number of aryl methyl sites for hydroxylation is 1. The molecule has 0 unspecified atom stereocenters. The van der Waals surface area contributed by atoms with Gasteiger partial charge >= 0.3 is 0 Å². The second-order valence-electron chi connectivity index (χ2n) is 3.56. The largest absolute Gasteiger partial charge is 0.319 e.